The molecule has 0 amide bonds. The Morgan fingerprint density at radius 3 is 1.50 bits per heavy atom. The summed E-state index contributed by atoms with van der Waals surface area (Å²) in [5.74, 6) is 0. The molecule has 0 aromatic carbocycles. The van der Waals surface area contributed by atoms with Crippen molar-refractivity contribution >= 4 is 23.5 Å². The van der Waals surface area contributed by atoms with E-state index in [0.717, 1.165) is 44.2 Å². The quantitative estimate of drug-likeness (QED) is 0.251. The van der Waals surface area contributed by atoms with Crippen LogP contribution in [0, 0.1) is 0 Å². The van der Waals surface area contributed by atoms with Gasteiger partial charge in [0.15, 0.2) is 0 Å². The van der Waals surface area contributed by atoms with Gasteiger partial charge in [0, 0.05) is 22.1 Å². The highest BCUT2D eigenvalue weighted by molar-refractivity contribution is 5.63. The lowest BCUT2D eigenvalue weighted by atomic mass is 10.3. The molecular weight excluding hydrogens is 324 g/mol. The van der Waals surface area contributed by atoms with E-state index in [1.165, 1.54) is 0 Å². The van der Waals surface area contributed by atoms with Crippen LogP contribution in [0.3, 0.4) is 0 Å². The monoisotopic (exact) mass is 342 g/mol. The highest BCUT2D eigenvalue weighted by atomic mass is 14.8. The fraction of sp³-hybridized carbons (Fsp3) is 0. The largest absolute Gasteiger partial charge is 0.395 e. The second kappa shape index (κ2) is 5.35. The number of aromatic nitrogens is 4. The molecule has 128 valence electrons. The van der Waals surface area contributed by atoms with Crippen molar-refractivity contribution in [2.75, 3.05) is 0 Å². The van der Waals surface area contributed by atoms with Gasteiger partial charge in [-0.2, -0.15) is 0 Å². The maximum Gasteiger partial charge on any atom is 0.0792 e. The molecule has 0 unspecified atom stereocenters. The molecular formula is C20H18N6. The number of nitrogens with one attached hydrogen (secondary N) is 4. The Hall–Kier alpha value is -3.80. The van der Waals surface area contributed by atoms with E-state index < -0.39 is 0 Å². The minimum atomic E-state index is 0.642. The average Bonchev–Trinajstić information content (AvgIpc) is 3.41. The van der Waals surface area contributed by atoms with E-state index >= 15 is 0 Å². The number of nitrogens with two attached hydrogens (primary N) is 2. The third-order valence-corrected chi connectivity index (χ3v) is 4.62. The van der Waals surface area contributed by atoms with E-state index in [2.05, 4.69) is 19.9 Å². The summed E-state index contributed by atoms with van der Waals surface area (Å²) in [6.07, 6.45) is 4.10. The lowest BCUT2D eigenvalue weighted by Gasteiger charge is -1.97. The van der Waals surface area contributed by atoms with Gasteiger partial charge in [0.05, 0.1) is 33.5 Å². The van der Waals surface area contributed by atoms with E-state index in [-0.39, 0.29) is 0 Å². The Balaban J connectivity index is 1.85. The van der Waals surface area contributed by atoms with Crippen molar-refractivity contribution in [3.8, 4) is 0 Å². The van der Waals surface area contributed by atoms with Crippen LogP contribution in [0.1, 0.15) is 22.8 Å². The summed E-state index contributed by atoms with van der Waals surface area (Å²) in [6, 6.07) is 15.9. The van der Waals surface area contributed by atoms with Crippen molar-refractivity contribution in [3.63, 3.8) is 0 Å². The van der Waals surface area contributed by atoms with Gasteiger partial charge in [-0.15, -0.1) is 0 Å². The molecule has 5 rings (SSSR count). The first kappa shape index (κ1) is 14.5. The zero-order chi connectivity index (χ0) is 17.7. The van der Waals surface area contributed by atoms with Crippen molar-refractivity contribution in [2.45, 2.75) is 0 Å². The van der Waals surface area contributed by atoms with Gasteiger partial charge in [0.2, 0.25) is 0 Å². The van der Waals surface area contributed by atoms with Gasteiger partial charge in [-0.25, -0.2) is 0 Å². The summed E-state index contributed by atoms with van der Waals surface area (Å²) in [5, 5.41) is 3.67. The van der Waals surface area contributed by atoms with Crippen molar-refractivity contribution in [1.29, 1.82) is 0 Å². The van der Waals surface area contributed by atoms with Crippen LogP contribution >= 0.6 is 0 Å². The predicted molar refractivity (Wildman–Crippen MR) is 102 cm³/mol. The first-order valence-corrected chi connectivity index (χ1v) is 8.37. The van der Waals surface area contributed by atoms with Crippen molar-refractivity contribution in [1.82, 2.24) is 19.9 Å². The molecule has 0 saturated heterocycles. The molecule has 0 spiro atoms. The first-order valence-electron chi connectivity index (χ1n) is 8.37. The number of hydrogen-bond acceptors (Lipinski definition) is 2. The van der Waals surface area contributed by atoms with Crippen molar-refractivity contribution in [2.24, 2.45) is 11.5 Å². The Morgan fingerprint density at radius 1 is 0.500 bits per heavy atom. The number of aromatic amines is 4. The summed E-state index contributed by atoms with van der Waals surface area (Å²) in [7, 11) is 0. The van der Waals surface area contributed by atoms with Gasteiger partial charge >= 0.3 is 0 Å². The zero-order valence-corrected chi connectivity index (χ0v) is 13.9. The van der Waals surface area contributed by atoms with Gasteiger partial charge in [-0.1, -0.05) is 0 Å². The maximum atomic E-state index is 6.34. The molecule has 4 aromatic rings. The van der Waals surface area contributed by atoms with Gasteiger partial charge in [0.25, 0.3) is 0 Å². The van der Waals surface area contributed by atoms with Gasteiger partial charge in [-0.3, -0.25) is 0 Å². The first-order chi connectivity index (χ1) is 12.7. The molecule has 26 heavy (non-hydrogen) atoms. The summed E-state index contributed by atoms with van der Waals surface area (Å²) < 4.78 is 0. The molecule has 1 aliphatic heterocycles. The molecule has 6 nitrogen and oxygen atoms in total. The molecule has 0 saturated carbocycles. The Labute approximate surface area is 148 Å². The second-order valence-electron chi connectivity index (χ2n) is 6.43. The number of hydrogen-bond donors (Lipinski definition) is 6. The molecule has 1 aliphatic rings. The minimum absolute atomic E-state index is 0.642. The summed E-state index contributed by atoms with van der Waals surface area (Å²) in [5.41, 5.74) is 17.6. The van der Waals surface area contributed by atoms with Crippen molar-refractivity contribution in [3.05, 3.63) is 92.7 Å². The van der Waals surface area contributed by atoms with Crippen LogP contribution in [0.25, 0.3) is 23.5 Å². The summed E-state index contributed by atoms with van der Waals surface area (Å²) >= 11 is 0. The van der Waals surface area contributed by atoms with Crippen LogP contribution < -0.4 is 32.9 Å². The molecule has 0 fully saturated rings. The van der Waals surface area contributed by atoms with E-state index in [0.29, 0.717) is 11.4 Å². The van der Waals surface area contributed by atoms with Crippen LogP contribution in [0.2, 0.25) is 0 Å². The standard InChI is InChI=1S/C20H18N6/c21-19-15-5-3-13(24-15)9-11-1-2-12(23-11)10-14-4-6-16(25-14)20(22)18-8-7-17(19)26-18/h1-10,23-26H,21-22H2. The highest BCUT2D eigenvalue weighted by Gasteiger charge is 2.05. The van der Waals surface area contributed by atoms with E-state index in [4.69, 9.17) is 11.5 Å². The summed E-state index contributed by atoms with van der Waals surface area (Å²) in [6.45, 7) is 0. The third-order valence-electron chi connectivity index (χ3n) is 4.62. The van der Waals surface area contributed by atoms with Crippen LogP contribution in [-0.4, -0.2) is 19.9 Å². The van der Waals surface area contributed by atoms with Crippen LogP contribution in [0.4, 0.5) is 0 Å². The molecule has 8 N–H and O–H groups in total. The molecule has 0 atom stereocenters. The average molecular weight is 342 g/mol. The lowest BCUT2D eigenvalue weighted by Crippen LogP contribution is -2.22. The van der Waals surface area contributed by atoms with Gasteiger partial charge in [-0.05, 0) is 60.7 Å². The Bertz CT molecular complexity index is 1250. The SMILES string of the molecule is NC1=c2ccc([nH]2)=C(N)c2ccc([nH]2)C=c2ccc([nH]2)=Cc2ccc1[nH]2. The van der Waals surface area contributed by atoms with Gasteiger partial charge < -0.3 is 31.4 Å². The van der Waals surface area contributed by atoms with Crippen molar-refractivity contribution < 1.29 is 0 Å². The normalized spacial score (nSPS) is 13.4. The number of fused-ring (bicyclic) bond motifs is 8. The molecule has 0 radical (unpaired) electrons. The van der Waals surface area contributed by atoms with E-state index in [9.17, 15) is 0 Å². The zero-order valence-electron chi connectivity index (χ0n) is 13.9. The van der Waals surface area contributed by atoms with Crippen LogP contribution in [0.5, 0.6) is 0 Å². The van der Waals surface area contributed by atoms with Crippen LogP contribution in [-0.2, 0) is 0 Å². The lowest BCUT2D eigenvalue weighted by molar-refractivity contribution is 1.18. The summed E-state index contributed by atoms with van der Waals surface area (Å²) in [4.78, 5) is 13.4. The minimum Gasteiger partial charge on any atom is -0.395 e. The topological polar surface area (TPSA) is 115 Å². The molecule has 8 bridgehead atoms. The third kappa shape index (κ3) is 2.36. The van der Waals surface area contributed by atoms with E-state index in [1.54, 1.807) is 0 Å². The number of H-pyrrole nitrogens is 4. The van der Waals surface area contributed by atoms with E-state index in [1.807, 2.05) is 60.7 Å². The predicted octanol–water partition coefficient (Wildman–Crippen LogP) is -0.800. The fourth-order valence-corrected chi connectivity index (χ4v) is 3.24. The smallest absolute Gasteiger partial charge is 0.0792 e. The Kier molecular flexibility index (Phi) is 2.99. The fourth-order valence-electron chi connectivity index (χ4n) is 3.24. The molecule has 6 heteroatoms. The second-order valence-corrected chi connectivity index (χ2v) is 6.43. The highest BCUT2D eigenvalue weighted by Crippen LogP contribution is 2.08. The molecule has 0 aliphatic carbocycles. The van der Waals surface area contributed by atoms with Gasteiger partial charge in [0.1, 0.15) is 0 Å². The molecule has 4 aromatic heterocycles. The maximum absolute atomic E-state index is 6.34. The molecule has 5 heterocycles. The number of rotatable bonds is 0. The van der Waals surface area contributed by atoms with Crippen LogP contribution in [0.15, 0.2) is 48.5 Å². The Morgan fingerprint density at radius 2 is 1.00 bits per heavy atom.